The van der Waals surface area contributed by atoms with Gasteiger partial charge in [0.2, 0.25) is 0 Å². The number of carbonyl (C=O) groups excluding carboxylic acids is 2. The van der Waals surface area contributed by atoms with E-state index in [0.29, 0.717) is 11.5 Å². The molecule has 1 saturated carbocycles. The summed E-state index contributed by atoms with van der Waals surface area (Å²) in [5.41, 5.74) is 5.80. The minimum absolute atomic E-state index is 0. The van der Waals surface area contributed by atoms with Gasteiger partial charge in [-0.05, 0) is 99.6 Å². The number of hydrogen-bond acceptors (Lipinski definition) is 8. The average molecular weight is 612 g/mol. The first-order valence-electron chi connectivity index (χ1n) is 13.7. The van der Waals surface area contributed by atoms with Crippen LogP contribution in [-0.4, -0.2) is 46.7 Å². The van der Waals surface area contributed by atoms with E-state index in [2.05, 4.69) is 41.5 Å². The predicted octanol–water partition coefficient (Wildman–Crippen LogP) is 4.32. The Bertz CT molecular complexity index is 1110. The van der Waals surface area contributed by atoms with Crippen molar-refractivity contribution < 1.29 is 46.8 Å². The maximum absolute atomic E-state index is 10.6. The van der Waals surface area contributed by atoms with Crippen molar-refractivity contribution in [2.45, 2.75) is 105 Å². The summed E-state index contributed by atoms with van der Waals surface area (Å²) in [6, 6.07) is 8.49. The van der Waals surface area contributed by atoms with Crippen molar-refractivity contribution in [2.75, 3.05) is 0 Å². The number of rotatable bonds is 6. The Morgan fingerprint density at radius 3 is 1.39 bits per heavy atom. The van der Waals surface area contributed by atoms with Gasteiger partial charge in [-0.25, -0.2) is 0 Å². The number of aliphatic imine (C=N–C) groups is 2. The Kier molecular flexibility index (Phi) is 16.9. The normalized spacial score (nSPS) is 16.5. The Balaban J connectivity index is 0.00000158. The van der Waals surface area contributed by atoms with Crippen molar-refractivity contribution in [1.82, 2.24) is 0 Å². The molecular formula is C32H44CoN2O6. The molecule has 1 aliphatic rings. The second-order valence-electron chi connectivity index (χ2n) is 10.9. The molecule has 41 heavy (non-hydrogen) atoms. The minimum Gasteiger partial charge on any atom is -0.550 e. The van der Waals surface area contributed by atoms with Crippen LogP contribution in [0, 0.1) is 13.8 Å². The van der Waals surface area contributed by atoms with Gasteiger partial charge < -0.3 is 30.0 Å². The third kappa shape index (κ3) is 13.8. The smallest absolute Gasteiger partial charge is 0.550 e. The molecule has 2 aromatic carbocycles. The van der Waals surface area contributed by atoms with Crippen LogP contribution in [0.1, 0.15) is 112 Å². The molecule has 0 saturated heterocycles. The van der Waals surface area contributed by atoms with Crippen LogP contribution in [0.5, 0.6) is 11.5 Å². The second-order valence-corrected chi connectivity index (χ2v) is 10.9. The third-order valence-electron chi connectivity index (χ3n) is 6.34. The molecule has 0 heterocycles. The van der Waals surface area contributed by atoms with Gasteiger partial charge in [-0.1, -0.05) is 39.8 Å². The maximum atomic E-state index is 10.6. The van der Waals surface area contributed by atoms with Gasteiger partial charge in [-0.2, -0.15) is 0 Å². The summed E-state index contributed by atoms with van der Waals surface area (Å²) in [6.45, 7) is 14.4. The summed E-state index contributed by atoms with van der Waals surface area (Å²) in [7, 11) is 0. The molecule has 8 nitrogen and oxygen atoms in total. The van der Waals surface area contributed by atoms with Crippen LogP contribution in [-0.2, 0) is 26.4 Å². The van der Waals surface area contributed by atoms with Gasteiger partial charge in [0.05, 0.1) is 12.1 Å². The van der Waals surface area contributed by atoms with Crippen molar-refractivity contribution >= 4 is 24.4 Å². The van der Waals surface area contributed by atoms with Crippen molar-refractivity contribution in [3.05, 3.63) is 57.6 Å². The zero-order valence-electron chi connectivity index (χ0n) is 25.4. The molecule has 0 bridgehead atoms. The maximum Gasteiger partial charge on any atom is 2.00 e. The van der Waals surface area contributed by atoms with E-state index in [4.69, 9.17) is 29.8 Å². The van der Waals surface area contributed by atoms with Crippen LogP contribution >= 0.6 is 0 Å². The van der Waals surface area contributed by atoms with E-state index in [-0.39, 0.29) is 40.7 Å². The van der Waals surface area contributed by atoms with Crippen LogP contribution in [0.25, 0.3) is 0 Å². The van der Waals surface area contributed by atoms with Gasteiger partial charge >= 0.3 is 16.8 Å². The molecule has 9 heteroatoms. The van der Waals surface area contributed by atoms with E-state index in [1.807, 2.05) is 36.7 Å². The van der Waals surface area contributed by atoms with Crippen LogP contribution in [0.15, 0.2) is 34.3 Å². The summed E-state index contributed by atoms with van der Waals surface area (Å²) in [5, 5.41) is 39.1. The van der Waals surface area contributed by atoms with E-state index < -0.39 is 11.9 Å². The van der Waals surface area contributed by atoms with E-state index >= 15 is 0 Å². The van der Waals surface area contributed by atoms with Crippen LogP contribution < -0.4 is 10.2 Å². The first-order valence-corrected chi connectivity index (χ1v) is 13.7. The molecule has 0 amide bonds. The molecular weight excluding hydrogens is 567 g/mol. The van der Waals surface area contributed by atoms with E-state index in [1.165, 1.54) is 0 Å². The number of nitrogens with zero attached hydrogens (tertiary/aromatic N) is 2. The van der Waals surface area contributed by atoms with Crippen LogP contribution in [0.3, 0.4) is 0 Å². The Labute approximate surface area is 254 Å². The number of carboxylic acid groups (broad SMARTS) is 2. The summed E-state index contributed by atoms with van der Waals surface area (Å²) in [5.74, 6) is -0.944. The quantitative estimate of drug-likeness (QED) is 0.466. The number of phenols is 2. The van der Waals surface area contributed by atoms with E-state index in [9.17, 15) is 10.2 Å². The van der Waals surface area contributed by atoms with Gasteiger partial charge in [-0.3, -0.25) is 9.98 Å². The Hall–Kier alpha value is -3.17. The molecule has 0 aromatic heterocycles. The minimum atomic E-state index is -1.08. The first-order chi connectivity index (χ1) is 18.6. The number of hydrogen-bond donors (Lipinski definition) is 2. The summed E-state index contributed by atoms with van der Waals surface area (Å²) in [6.07, 6.45) is 7.73. The van der Waals surface area contributed by atoms with E-state index in [0.717, 1.165) is 72.9 Å². The van der Waals surface area contributed by atoms with Crippen molar-refractivity contribution in [3.8, 4) is 11.5 Å². The van der Waals surface area contributed by atoms with Crippen molar-refractivity contribution in [3.63, 3.8) is 0 Å². The Morgan fingerprint density at radius 1 is 0.780 bits per heavy atom. The Morgan fingerprint density at radius 2 is 1.10 bits per heavy atom. The zero-order valence-corrected chi connectivity index (χ0v) is 26.4. The molecule has 2 aromatic rings. The number of carboxylic acids is 2. The van der Waals surface area contributed by atoms with Crippen molar-refractivity contribution in [2.24, 2.45) is 9.98 Å². The molecule has 2 unspecified atom stereocenters. The third-order valence-corrected chi connectivity index (χ3v) is 6.34. The molecule has 1 fully saturated rings. The number of aromatic hydroxyl groups is 2. The summed E-state index contributed by atoms with van der Waals surface area (Å²) < 4.78 is 0. The predicted molar refractivity (Wildman–Crippen MR) is 156 cm³/mol. The van der Waals surface area contributed by atoms with Gasteiger partial charge in [0, 0.05) is 35.5 Å². The first kappa shape index (κ1) is 37.8. The number of aliphatic carboxylic acids is 2. The van der Waals surface area contributed by atoms with Gasteiger partial charge in [-0.15, -0.1) is 0 Å². The molecule has 0 aliphatic heterocycles. The summed E-state index contributed by atoms with van der Waals surface area (Å²) >= 11 is 0. The topological polar surface area (TPSA) is 145 Å². The molecule has 227 valence electrons. The molecule has 2 atom stereocenters. The van der Waals surface area contributed by atoms with Crippen LogP contribution in [0.2, 0.25) is 0 Å². The molecule has 2 N–H and O–H groups in total. The van der Waals surface area contributed by atoms with Gasteiger partial charge in [0.15, 0.2) is 0 Å². The molecule has 0 spiro atoms. The van der Waals surface area contributed by atoms with Gasteiger partial charge in [0.25, 0.3) is 0 Å². The fourth-order valence-corrected chi connectivity index (χ4v) is 4.53. The number of phenolic OH excluding ortho intramolecular Hbond substituents is 2. The van der Waals surface area contributed by atoms with E-state index in [1.54, 1.807) is 0 Å². The second kappa shape index (κ2) is 18.3. The fourth-order valence-electron chi connectivity index (χ4n) is 4.53. The SMILES string of the molecule is CC(=O)[O-].CC(=O)[O-].Cc1cc(C=NC2CCCC(N=Cc3cc(C)cc(C(C)C)c3O)C2)c(O)c(C(C)C)c1.[Co+2]. The monoisotopic (exact) mass is 611 g/mol. The van der Waals surface area contributed by atoms with Crippen molar-refractivity contribution in [1.29, 1.82) is 0 Å². The fraction of sp³-hybridized carbons (Fsp3) is 0.500. The molecule has 1 radical (unpaired) electrons. The largest absolute Gasteiger partial charge is 2.00 e. The number of carbonyl (C=O) groups is 2. The van der Waals surface area contributed by atoms with Gasteiger partial charge in [0.1, 0.15) is 11.5 Å². The molecule has 1 aliphatic carbocycles. The average Bonchev–Trinajstić information content (AvgIpc) is 2.84. The van der Waals surface area contributed by atoms with Crippen LogP contribution in [0.4, 0.5) is 0 Å². The number of aryl methyl sites for hydroxylation is 2. The number of benzene rings is 2. The zero-order chi connectivity index (χ0) is 30.6. The summed E-state index contributed by atoms with van der Waals surface area (Å²) in [4.78, 5) is 27.4. The standard InChI is InChI=1S/C28H38N2O2.2C2H4O2.Co/c1-17(2)25-12-19(5)10-21(27(25)31)15-29-23-8-7-9-24(14-23)30-16-22-11-20(6)13-26(18(3)4)28(22)32;2*1-2(3)4;/h10-13,15-18,23-24,31-32H,7-9,14H2,1-6H3;2*1H3,(H,3,4);/q;;;+2/p-2. The molecule has 3 rings (SSSR count).